The lowest BCUT2D eigenvalue weighted by atomic mass is 10.2. The van der Waals surface area contributed by atoms with Gasteiger partial charge in [-0.05, 0) is 61.0 Å². The molecular formula is C23H21ClN2O3S. The van der Waals surface area contributed by atoms with Gasteiger partial charge >= 0.3 is 0 Å². The van der Waals surface area contributed by atoms with E-state index in [-0.39, 0.29) is 17.6 Å². The molecule has 154 valence electrons. The minimum atomic E-state index is -0.231. The number of hydrogen-bond donors (Lipinski definition) is 2. The van der Waals surface area contributed by atoms with E-state index in [1.165, 1.54) is 11.8 Å². The monoisotopic (exact) mass is 440 g/mol. The lowest BCUT2D eigenvalue weighted by Gasteiger charge is -2.10. The van der Waals surface area contributed by atoms with Crippen molar-refractivity contribution in [3.05, 3.63) is 82.9 Å². The molecule has 7 heteroatoms. The molecule has 30 heavy (non-hydrogen) atoms. The van der Waals surface area contributed by atoms with Gasteiger partial charge in [-0.2, -0.15) is 0 Å². The van der Waals surface area contributed by atoms with Gasteiger partial charge in [-0.1, -0.05) is 29.8 Å². The molecule has 0 atom stereocenters. The van der Waals surface area contributed by atoms with Crippen LogP contribution in [0.1, 0.15) is 15.9 Å². The third kappa shape index (κ3) is 5.78. The highest BCUT2D eigenvalue weighted by atomic mass is 35.5. The van der Waals surface area contributed by atoms with E-state index in [1.807, 2.05) is 31.2 Å². The first-order valence-electron chi connectivity index (χ1n) is 9.19. The Morgan fingerprint density at radius 3 is 2.57 bits per heavy atom. The first-order chi connectivity index (χ1) is 14.5. The van der Waals surface area contributed by atoms with Crippen LogP contribution in [0.4, 0.5) is 11.4 Å². The van der Waals surface area contributed by atoms with Crippen molar-refractivity contribution < 1.29 is 14.3 Å². The summed E-state index contributed by atoms with van der Waals surface area (Å²) in [6.07, 6.45) is 0. The van der Waals surface area contributed by atoms with Gasteiger partial charge in [0.2, 0.25) is 5.91 Å². The van der Waals surface area contributed by atoms with E-state index in [1.54, 1.807) is 49.6 Å². The van der Waals surface area contributed by atoms with Crippen molar-refractivity contribution in [3.63, 3.8) is 0 Å². The van der Waals surface area contributed by atoms with E-state index in [0.29, 0.717) is 27.7 Å². The van der Waals surface area contributed by atoms with Gasteiger partial charge in [-0.15, -0.1) is 11.8 Å². The number of benzene rings is 3. The normalized spacial score (nSPS) is 10.4. The fourth-order valence-corrected chi connectivity index (χ4v) is 3.64. The van der Waals surface area contributed by atoms with Crippen LogP contribution < -0.4 is 15.4 Å². The highest BCUT2D eigenvalue weighted by Gasteiger charge is 2.10. The van der Waals surface area contributed by atoms with Crippen LogP contribution in [0.15, 0.2) is 71.6 Å². The van der Waals surface area contributed by atoms with Crippen molar-refractivity contribution in [2.75, 3.05) is 23.5 Å². The van der Waals surface area contributed by atoms with Gasteiger partial charge in [-0.3, -0.25) is 9.59 Å². The molecule has 0 aliphatic heterocycles. The summed E-state index contributed by atoms with van der Waals surface area (Å²) in [5.41, 5.74) is 2.69. The first-order valence-corrected chi connectivity index (χ1v) is 10.6. The zero-order valence-electron chi connectivity index (χ0n) is 16.6. The predicted molar refractivity (Wildman–Crippen MR) is 123 cm³/mol. The van der Waals surface area contributed by atoms with Crippen LogP contribution in [0, 0.1) is 6.92 Å². The Morgan fingerprint density at radius 2 is 1.77 bits per heavy atom. The van der Waals surface area contributed by atoms with E-state index >= 15 is 0 Å². The van der Waals surface area contributed by atoms with Crippen molar-refractivity contribution in [2.45, 2.75) is 11.8 Å². The third-order valence-electron chi connectivity index (χ3n) is 4.34. The molecule has 0 saturated carbocycles. The second-order valence-electron chi connectivity index (χ2n) is 6.46. The van der Waals surface area contributed by atoms with Crippen LogP contribution in [0.3, 0.4) is 0 Å². The molecule has 2 N–H and O–H groups in total. The summed E-state index contributed by atoms with van der Waals surface area (Å²) in [5.74, 6) is 0.494. The number of rotatable bonds is 7. The summed E-state index contributed by atoms with van der Waals surface area (Å²) in [5, 5.41) is 6.35. The quantitative estimate of drug-likeness (QED) is 0.466. The molecule has 0 bridgehead atoms. The average Bonchev–Trinajstić information content (AvgIpc) is 2.76. The Labute approximate surface area is 184 Å². The van der Waals surface area contributed by atoms with Crippen molar-refractivity contribution in [1.82, 2.24) is 0 Å². The number of methoxy groups -OCH3 is 1. The van der Waals surface area contributed by atoms with Gasteiger partial charge in [0, 0.05) is 26.9 Å². The zero-order valence-corrected chi connectivity index (χ0v) is 18.1. The standard InChI is InChI=1S/C23H21ClN2O3S/c1-15-20(24)10-5-11-21(15)26-22(27)14-30-19-9-4-7-17(13-19)25-23(28)16-6-3-8-18(12-16)29-2/h3-13H,14H2,1-2H3,(H,25,28)(H,26,27). The highest BCUT2D eigenvalue weighted by Crippen LogP contribution is 2.25. The lowest BCUT2D eigenvalue weighted by molar-refractivity contribution is -0.113. The number of amides is 2. The molecule has 2 amide bonds. The molecule has 5 nitrogen and oxygen atoms in total. The SMILES string of the molecule is COc1cccc(C(=O)Nc2cccc(SCC(=O)Nc3cccc(Cl)c3C)c2)c1. The van der Waals surface area contributed by atoms with Crippen molar-refractivity contribution in [1.29, 1.82) is 0 Å². The minimum absolute atomic E-state index is 0.129. The molecule has 3 aromatic rings. The van der Waals surface area contributed by atoms with E-state index in [2.05, 4.69) is 10.6 Å². The summed E-state index contributed by atoms with van der Waals surface area (Å²) in [6.45, 7) is 1.86. The molecule has 3 rings (SSSR count). The van der Waals surface area contributed by atoms with Crippen LogP contribution in [-0.2, 0) is 4.79 Å². The van der Waals surface area contributed by atoms with Gasteiger partial charge in [0.15, 0.2) is 0 Å². The molecule has 0 radical (unpaired) electrons. The molecule has 0 unspecified atom stereocenters. The lowest BCUT2D eigenvalue weighted by Crippen LogP contribution is -2.15. The maximum absolute atomic E-state index is 12.5. The van der Waals surface area contributed by atoms with Gasteiger partial charge in [0.05, 0.1) is 12.9 Å². The smallest absolute Gasteiger partial charge is 0.255 e. The molecule has 3 aromatic carbocycles. The van der Waals surface area contributed by atoms with Gasteiger partial charge in [0.25, 0.3) is 5.91 Å². The molecular weight excluding hydrogens is 420 g/mol. The summed E-state index contributed by atoms with van der Waals surface area (Å²) in [6, 6.07) is 19.7. The first kappa shape index (κ1) is 21.7. The average molecular weight is 441 g/mol. The molecule has 0 aromatic heterocycles. The molecule has 0 heterocycles. The van der Waals surface area contributed by atoms with Crippen molar-refractivity contribution >= 4 is 46.6 Å². The number of nitrogens with one attached hydrogen (secondary N) is 2. The number of ether oxygens (including phenoxy) is 1. The predicted octanol–water partition coefficient (Wildman–Crippen LogP) is 5.64. The Kier molecular flexibility index (Phi) is 7.38. The number of thioether (sulfide) groups is 1. The van der Waals surface area contributed by atoms with Crippen molar-refractivity contribution in [3.8, 4) is 5.75 Å². The summed E-state index contributed by atoms with van der Waals surface area (Å²) >= 11 is 7.48. The van der Waals surface area contributed by atoms with Crippen molar-refractivity contribution in [2.24, 2.45) is 0 Å². The Bertz CT molecular complexity index is 1070. The van der Waals surface area contributed by atoms with Gasteiger partial charge in [-0.25, -0.2) is 0 Å². The van der Waals surface area contributed by atoms with Crippen LogP contribution in [0.25, 0.3) is 0 Å². The van der Waals surface area contributed by atoms with Crippen LogP contribution in [0.2, 0.25) is 5.02 Å². The summed E-state index contributed by atoms with van der Waals surface area (Å²) in [7, 11) is 1.56. The van der Waals surface area contributed by atoms with Gasteiger partial charge in [0.1, 0.15) is 5.75 Å². The maximum atomic E-state index is 12.5. The van der Waals surface area contributed by atoms with E-state index in [4.69, 9.17) is 16.3 Å². The van der Waals surface area contributed by atoms with Crippen LogP contribution in [0.5, 0.6) is 5.75 Å². The summed E-state index contributed by atoms with van der Waals surface area (Å²) in [4.78, 5) is 25.6. The van der Waals surface area contributed by atoms with E-state index in [9.17, 15) is 9.59 Å². The highest BCUT2D eigenvalue weighted by molar-refractivity contribution is 8.00. The van der Waals surface area contributed by atoms with E-state index in [0.717, 1.165) is 10.5 Å². The van der Waals surface area contributed by atoms with Gasteiger partial charge < -0.3 is 15.4 Å². The van der Waals surface area contributed by atoms with Crippen LogP contribution in [-0.4, -0.2) is 24.7 Å². The second kappa shape index (κ2) is 10.2. The third-order valence-corrected chi connectivity index (χ3v) is 5.74. The fraction of sp³-hybridized carbons (Fsp3) is 0.130. The Morgan fingerprint density at radius 1 is 1.00 bits per heavy atom. The molecule has 0 aliphatic rings. The van der Waals surface area contributed by atoms with Crippen LogP contribution >= 0.6 is 23.4 Å². The largest absolute Gasteiger partial charge is 0.497 e. The zero-order chi connectivity index (χ0) is 21.5. The second-order valence-corrected chi connectivity index (χ2v) is 7.92. The molecule has 0 saturated heterocycles. The molecule has 0 fully saturated rings. The number of carbonyl (C=O) groups excluding carboxylic acids is 2. The van der Waals surface area contributed by atoms with E-state index < -0.39 is 0 Å². The Hall–Kier alpha value is -2.96. The fourth-order valence-electron chi connectivity index (χ4n) is 2.71. The number of hydrogen-bond acceptors (Lipinski definition) is 4. The number of halogens is 1. The summed E-state index contributed by atoms with van der Waals surface area (Å²) < 4.78 is 5.16. The minimum Gasteiger partial charge on any atom is -0.497 e. The number of carbonyl (C=O) groups is 2. The topological polar surface area (TPSA) is 67.4 Å². The molecule has 0 aliphatic carbocycles. The number of anilines is 2. The molecule has 0 spiro atoms. The Balaban J connectivity index is 1.59. The maximum Gasteiger partial charge on any atom is 0.255 e.